The van der Waals surface area contributed by atoms with Crippen LogP contribution in [-0.4, -0.2) is 55.7 Å². The van der Waals surface area contributed by atoms with Gasteiger partial charge in [-0.2, -0.15) is 0 Å². The highest BCUT2D eigenvalue weighted by molar-refractivity contribution is 5.86. The topological polar surface area (TPSA) is 67.6 Å². The highest BCUT2D eigenvalue weighted by Crippen LogP contribution is 2.40. The van der Waals surface area contributed by atoms with E-state index in [1.54, 1.807) is 7.11 Å². The molecule has 1 heterocycles. The first-order chi connectivity index (χ1) is 10.0. The Labute approximate surface area is 128 Å². The van der Waals surface area contributed by atoms with Crippen LogP contribution in [-0.2, 0) is 9.53 Å². The fourth-order valence-corrected chi connectivity index (χ4v) is 3.52. The molecule has 122 valence electrons. The molecule has 1 saturated heterocycles. The van der Waals surface area contributed by atoms with Crippen LogP contribution in [0.25, 0.3) is 0 Å². The molecule has 1 aliphatic carbocycles. The van der Waals surface area contributed by atoms with E-state index in [1.807, 2.05) is 0 Å². The van der Waals surface area contributed by atoms with Crippen molar-refractivity contribution in [1.82, 2.24) is 10.2 Å². The Balaban J connectivity index is 2.05. The normalized spacial score (nSPS) is 30.0. The van der Waals surface area contributed by atoms with E-state index in [2.05, 4.69) is 24.1 Å². The predicted molar refractivity (Wildman–Crippen MR) is 84.0 cm³/mol. The minimum atomic E-state index is -0.547. The third-order valence-corrected chi connectivity index (χ3v) is 5.15. The lowest BCUT2D eigenvalue weighted by Gasteiger charge is -2.42. The summed E-state index contributed by atoms with van der Waals surface area (Å²) in [6, 6.07) is 0. The van der Waals surface area contributed by atoms with Gasteiger partial charge in [-0.25, -0.2) is 0 Å². The fourth-order valence-electron chi connectivity index (χ4n) is 3.52. The average molecular weight is 297 g/mol. The first-order valence-corrected chi connectivity index (χ1v) is 8.33. The molecule has 0 radical (unpaired) electrons. The number of nitrogens with one attached hydrogen (secondary N) is 1. The largest absolute Gasteiger partial charge is 0.380 e. The average Bonchev–Trinajstić information content (AvgIpc) is 3.30. The molecule has 3 atom stereocenters. The molecule has 5 heteroatoms. The number of methoxy groups -OCH3 is 1. The number of likely N-dealkylation sites (tertiary alicyclic amines) is 1. The number of carbonyl (C=O) groups is 1. The van der Waals surface area contributed by atoms with Gasteiger partial charge in [-0.05, 0) is 50.6 Å². The van der Waals surface area contributed by atoms with Crippen LogP contribution in [0.15, 0.2) is 0 Å². The SMILES string of the molecule is CCCNC(CN1CCC(C)C(OC)C1)(C(N)=O)C1CC1. The molecular formula is C16H31N3O2. The van der Waals surface area contributed by atoms with Crippen LogP contribution < -0.4 is 11.1 Å². The van der Waals surface area contributed by atoms with Gasteiger partial charge in [-0.1, -0.05) is 13.8 Å². The number of rotatable bonds is 8. The van der Waals surface area contributed by atoms with Crippen molar-refractivity contribution in [3.8, 4) is 0 Å². The molecular weight excluding hydrogens is 266 g/mol. The van der Waals surface area contributed by atoms with E-state index in [1.165, 1.54) is 0 Å². The summed E-state index contributed by atoms with van der Waals surface area (Å²) in [7, 11) is 1.78. The van der Waals surface area contributed by atoms with E-state index in [9.17, 15) is 4.79 Å². The summed E-state index contributed by atoms with van der Waals surface area (Å²) in [4.78, 5) is 14.6. The summed E-state index contributed by atoms with van der Waals surface area (Å²) in [5.41, 5.74) is 5.26. The van der Waals surface area contributed by atoms with Crippen molar-refractivity contribution in [3.05, 3.63) is 0 Å². The van der Waals surface area contributed by atoms with Gasteiger partial charge in [0.1, 0.15) is 5.54 Å². The lowest BCUT2D eigenvalue weighted by atomic mass is 9.88. The van der Waals surface area contributed by atoms with Crippen molar-refractivity contribution in [3.63, 3.8) is 0 Å². The second-order valence-corrected chi connectivity index (χ2v) is 6.81. The number of nitrogens with two attached hydrogens (primary N) is 1. The maximum atomic E-state index is 12.2. The van der Waals surface area contributed by atoms with Gasteiger partial charge in [0.25, 0.3) is 0 Å². The molecule has 0 aromatic heterocycles. The molecule has 1 amide bonds. The zero-order chi connectivity index (χ0) is 15.5. The number of nitrogens with zero attached hydrogens (tertiary/aromatic N) is 1. The predicted octanol–water partition coefficient (Wildman–Crippen LogP) is 0.977. The molecule has 1 saturated carbocycles. The van der Waals surface area contributed by atoms with Crippen LogP contribution >= 0.6 is 0 Å². The molecule has 1 aliphatic heterocycles. The first-order valence-electron chi connectivity index (χ1n) is 8.33. The fraction of sp³-hybridized carbons (Fsp3) is 0.938. The Morgan fingerprint density at radius 3 is 2.67 bits per heavy atom. The first kappa shape index (κ1) is 16.7. The van der Waals surface area contributed by atoms with Crippen LogP contribution in [0.5, 0.6) is 0 Å². The van der Waals surface area contributed by atoms with Crippen LogP contribution in [0.4, 0.5) is 0 Å². The van der Waals surface area contributed by atoms with Gasteiger partial charge in [-0.3, -0.25) is 9.69 Å². The molecule has 0 spiro atoms. The molecule has 0 aromatic rings. The van der Waals surface area contributed by atoms with E-state index in [0.717, 1.165) is 51.9 Å². The van der Waals surface area contributed by atoms with Gasteiger partial charge < -0.3 is 15.8 Å². The summed E-state index contributed by atoms with van der Waals surface area (Å²) in [6.07, 6.45) is 4.61. The molecule has 0 aromatic carbocycles. The Kier molecular flexibility index (Phi) is 5.63. The highest BCUT2D eigenvalue weighted by atomic mass is 16.5. The van der Waals surface area contributed by atoms with E-state index < -0.39 is 5.54 Å². The van der Waals surface area contributed by atoms with Crippen molar-refractivity contribution in [1.29, 1.82) is 0 Å². The van der Waals surface area contributed by atoms with E-state index in [0.29, 0.717) is 11.8 Å². The third-order valence-electron chi connectivity index (χ3n) is 5.15. The van der Waals surface area contributed by atoms with Crippen molar-refractivity contribution in [2.24, 2.45) is 17.6 Å². The number of piperidine rings is 1. The summed E-state index contributed by atoms with van der Waals surface area (Å²) >= 11 is 0. The number of primary amides is 1. The Morgan fingerprint density at radius 2 is 2.14 bits per heavy atom. The van der Waals surface area contributed by atoms with Crippen molar-refractivity contribution >= 4 is 5.91 Å². The second kappa shape index (κ2) is 7.07. The summed E-state index contributed by atoms with van der Waals surface area (Å²) in [5, 5.41) is 3.48. The number of carbonyl (C=O) groups excluding carboxylic acids is 1. The minimum Gasteiger partial charge on any atom is -0.380 e. The summed E-state index contributed by atoms with van der Waals surface area (Å²) in [5.74, 6) is 0.798. The zero-order valence-corrected chi connectivity index (χ0v) is 13.7. The van der Waals surface area contributed by atoms with E-state index in [4.69, 9.17) is 10.5 Å². The maximum absolute atomic E-state index is 12.2. The second-order valence-electron chi connectivity index (χ2n) is 6.81. The smallest absolute Gasteiger partial charge is 0.239 e. The molecule has 2 rings (SSSR count). The van der Waals surface area contributed by atoms with Gasteiger partial charge in [0.05, 0.1) is 6.10 Å². The number of hydrogen-bond acceptors (Lipinski definition) is 4. The molecule has 2 fully saturated rings. The summed E-state index contributed by atoms with van der Waals surface area (Å²) in [6.45, 7) is 7.85. The minimum absolute atomic E-state index is 0.189. The molecule has 0 bridgehead atoms. The maximum Gasteiger partial charge on any atom is 0.239 e. The quantitative estimate of drug-likeness (QED) is 0.701. The van der Waals surface area contributed by atoms with Gasteiger partial charge >= 0.3 is 0 Å². The van der Waals surface area contributed by atoms with Gasteiger partial charge in [0.15, 0.2) is 0 Å². The molecule has 21 heavy (non-hydrogen) atoms. The van der Waals surface area contributed by atoms with Crippen LogP contribution in [0.2, 0.25) is 0 Å². The Hall–Kier alpha value is -0.650. The van der Waals surface area contributed by atoms with E-state index in [-0.39, 0.29) is 12.0 Å². The van der Waals surface area contributed by atoms with Crippen LogP contribution in [0.1, 0.15) is 39.5 Å². The number of hydrogen-bond donors (Lipinski definition) is 2. The summed E-state index contributed by atoms with van der Waals surface area (Å²) < 4.78 is 5.59. The molecule has 3 unspecified atom stereocenters. The van der Waals surface area contributed by atoms with Gasteiger partial charge in [0.2, 0.25) is 5.91 Å². The van der Waals surface area contributed by atoms with E-state index >= 15 is 0 Å². The van der Waals surface area contributed by atoms with Crippen molar-refractivity contribution in [2.75, 3.05) is 33.3 Å². The standard InChI is InChI=1S/C16H31N3O2/c1-4-8-18-16(15(17)20,13-5-6-13)11-19-9-7-12(2)14(10-19)21-3/h12-14,18H,4-11H2,1-3H3,(H2,17,20). The molecule has 3 N–H and O–H groups in total. The molecule has 5 nitrogen and oxygen atoms in total. The van der Waals surface area contributed by atoms with Gasteiger partial charge in [-0.15, -0.1) is 0 Å². The highest BCUT2D eigenvalue weighted by Gasteiger charge is 2.50. The van der Waals surface area contributed by atoms with Crippen molar-refractivity contribution < 1.29 is 9.53 Å². The van der Waals surface area contributed by atoms with Crippen molar-refractivity contribution in [2.45, 2.75) is 51.2 Å². The monoisotopic (exact) mass is 297 g/mol. The van der Waals surface area contributed by atoms with Crippen LogP contribution in [0, 0.1) is 11.8 Å². The van der Waals surface area contributed by atoms with Gasteiger partial charge in [0, 0.05) is 20.2 Å². The lowest BCUT2D eigenvalue weighted by Crippen LogP contribution is -2.64. The Morgan fingerprint density at radius 1 is 1.43 bits per heavy atom. The molecule has 2 aliphatic rings. The Bertz CT molecular complexity index is 359. The zero-order valence-electron chi connectivity index (χ0n) is 13.7. The third kappa shape index (κ3) is 3.76. The number of amides is 1. The number of ether oxygens (including phenoxy) is 1. The van der Waals surface area contributed by atoms with Crippen LogP contribution in [0.3, 0.4) is 0 Å². The lowest BCUT2D eigenvalue weighted by molar-refractivity contribution is -0.127.